The molecule has 0 saturated carbocycles. The standard InChI is InChI=1S/C9H12BrN3O2S/c1-3-15-8(14)6-5(4-10)12-9(11)13-7(6)16-2/h3-4H2,1-2H3,(H2,11,12,13). The van der Waals surface area contributed by atoms with Gasteiger partial charge in [-0.05, 0) is 13.2 Å². The van der Waals surface area contributed by atoms with Crippen LogP contribution in [0, 0.1) is 0 Å². The number of nitrogen functional groups attached to an aromatic ring is 1. The van der Waals surface area contributed by atoms with Gasteiger partial charge in [-0.1, -0.05) is 15.9 Å². The van der Waals surface area contributed by atoms with E-state index in [4.69, 9.17) is 10.5 Å². The van der Waals surface area contributed by atoms with Gasteiger partial charge in [0.25, 0.3) is 0 Å². The van der Waals surface area contributed by atoms with E-state index in [2.05, 4.69) is 25.9 Å². The molecule has 0 unspecified atom stereocenters. The Labute approximate surface area is 106 Å². The molecule has 1 aromatic heterocycles. The van der Waals surface area contributed by atoms with Crippen LogP contribution in [0.3, 0.4) is 0 Å². The Balaban J connectivity index is 3.27. The normalized spacial score (nSPS) is 10.2. The first-order chi connectivity index (χ1) is 7.63. The molecule has 1 heterocycles. The number of anilines is 1. The van der Waals surface area contributed by atoms with Crippen molar-refractivity contribution in [3.05, 3.63) is 11.3 Å². The molecule has 2 N–H and O–H groups in total. The maximum atomic E-state index is 11.7. The number of thioether (sulfide) groups is 1. The molecule has 0 aliphatic carbocycles. The van der Waals surface area contributed by atoms with Gasteiger partial charge in [0, 0.05) is 5.33 Å². The summed E-state index contributed by atoms with van der Waals surface area (Å²) in [4.78, 5) is 19.8. The molecule has 0 saturated heterocycles. The summed E-state index contributed by atoms with van der Waals surface area (Å²) in [5.74, 6) is -0.256. The third kappa shape index (κ3) is 2.85. The largest absolute Gasteiger partial charge is 0.462 e. The fourth-order valence-corrected chi connectivity index (χ4v) is 2.15. The van der Waals surface area contributed by atoms with Gasteiger partial charge < -0.3 is 10.5 Å². The van der Waals surface area contributed by atoms with E-state index < -0.39 is 5.97 Å². The second-order valence-corrected chi connectivity index (χ2v) is 4.12. The lowest BCUT2D eigenvalue weighted by atomic mass is 10.2. The highest BCUT2D eigenvalue weighted by Gasteiger charge is 2.20. The van der Waals surface area contributed by atoms with Crippen molar-refractivity contribution in [3.8, 4) is 0 Å². The minimum absolute atomic E-state index is 0.159. The molecular weight excluding hydrogens is 294 g/mol. The number of hydrogen-bond acceptors (Lipinski definition) is 6. The highest BCUT2D eigenvalue weighted by molar-refractivity contribution is 9.08. The van der Waals surface area contributed by atoms with Crippen LogP contribution in [0.25, 0.3) is 0 Å². The zero-order valence-corrected chi connectivity index (χ0v) is 11.4. The molecule has 0 aliphatic rings. The van der Waals surface area contributed by atoms with Gasteiger partial charge in [0.2, 0.25) is 5.95 Å². The molecule has 1 aromatic rings. The minimum atomic E-state index is -0.415. The van der Waals surface area contributed by atoms with E-state index in [-0.39, 0.29) is 5.95 Å². The number of hydrogen-bond donors (Lipinski definition) is 1. The Morgan fingerprint density at radius 2 is 2.25 bits per heavy atom. The summed E-state index contributed by atoms with van der Waals surface area (Å²) in [5.41, 5.74) is 6.49. The van der Waals surface area contributed by atoms with Crippen molar-refractivity contribution >= 4 is 39.6 Å². The molecule has 7 heteroatoms. The Hall–Kier alpha value is -0.820. The highest BCUT2D eigenvalue weighted by Crippen LogP contribution is 2.23. The van der Waals surface area contributed by atoms with Gasteiger partial charge >= 0.3 is 5.97 Å². The number of rotatable bonds is 4. The molecule has 5 nitrogen and oxygen atoms in total. The molecule has 16 heavy (non-hydrogen) atoms. The molecule has 1 rings (SSSR count). The lowest BCUT2D eigenvalue weighted by Gasteiger charge is -2.10. The number of alkyl halides is 1. The SMILES string of the molecule is CCOC(=O)c1c(CBr)nc(N)nc1SC. The molecule has 0 bridgehead atoms. The second kappa shape index (κ2) is 6.05. The van der Waals surface area contributed by atoms with Gasteiger partial charge in [-0.25, -0.2) is 14.8 Å². The smallest absolute Gasteiger partial charge is 0.342 e. The van der Waals surface area contributed by atoms with Crippen molar-refractivity contribution < 1.29 is 9.53 Å². The summed E-state index contributed by atoms with van der Waals surface area (Å²) in [7, 11) is 0. The Bertz CT molecular complexity index is 375. The molecule has 88 valence electrons. The number of esters is 1. The van der Waals surface area contributed by atoms with E-state index in [0.29, 0.717) is 28.2 Å². The first kappa shape index (κ1) is 13.2. The van der Waals surface area contributed by atoms with Crippen molar-refractivity contribution in [2.45, 2.75) is 17.3 Å². The van der Waals surface area contributed by atoms with Crippen LogP contribution in [0.5, 0.6) is 0 Å². The summed E-state index contributed by atoms with van der Waals surface area (Å²) in [6.45, 7) is 2.07. The predicted molar refractivity (Wildman–Crippen MR) is 66.8 cm³/mol. The Morgan fingerprint density at radius 3 is 2.75 bits per heavy atom. The van der Waals surface area contributed by atoms with Crippen LogP contribution in [0.2, 0.25) is 0 Å². The quantitative estimate of drug-likeness (QED) is 0.396. The topological polar surface area (TPSA) is 78.1 Å². The van der Waals surface area contributed by atoms with Gasteiger partial charge in [-0.15, -0.1) is 11.8 Å². The van der Waals surface area contributed by atoms with Crippen molar-refractivity contribution in [3.63, 3.8) is 0 Å². The number of ether oxygens (including phenoxy) is 1. The first-order valence-electron chi connectivity index (χ1n) is 4.57. The predicted octanol–water partition coefficient (Wildman–Crippen LogP) is 1.85. The number of nitrogens with zero attached hydrogens (tertiary/aromatic N) is 2. The summed E-state index contributed by atoms with van der Waals surface area (Å²) >= 11 is 4.60. The van der Waals surface area contributed by atoms with Crippen LogP contribution in [0.4, 0.5) is 5.95 Å². The number of carbonyl (C=O) groups is 1. The lowest BCUT2D eigenvalue weighted by Crippen LogP contribution is -2.13. The number of aromatic nitrogens is 2. The molecule has 0 aliphatic heterocycles. The number of carbonyl (C=O) groups excluding carboxylic acids is 1. The Kier molecular flexibility index (Phi) is 5.01. The number of halogens is 1. The maximum absolute atomic E-state index is 11.7. The van der Waals surface area contributed by atoms with E-state index in [9.17, 15) is 4.79 Å². The van der Waals surface area contributed by atoms with E-state index in [1.165, 1.54) is 11.8 Å². The molecule has 0 aromatic carbocycles. The third-order valence-electron chi connectivity index (χ3n) is 1.77. The monoisotopic (exact) mass is 305 g/mol. The zero-order chi connectivity index (χ0) is 12.1. The van der Waals surface area contributed by atoms with E-state index >= 15 is 0 Å². The van der Waals surface area contributed by atoms with Crippen molar-refractivity contribution in [1.82, 2.24) is 9.97 Å². The van der Waals surface area contributed by atoms with Crippen LogP contribution in [-0.2, 0) is 10.1 Å². The molecule has 0 atom stereocenters. The molecule has 0 fully saturated rings. The van der Waals surface area contributed by atoms with E-state index in [0.717, 1.165) is 0 Å². The maximum Gasteiger partial charge on any atom is 0.342 e. The van der Waals surface area contributed by atoms with Crippen LogP contribution in [0.15, 0.2) is 5.03 Å². The van der Waals surface area contributed by atoms with Crippen LogP contribution >= 0.6 is 27.7 Å². The Morgan fingerprint density at radius 1 is 1.56 bits per heavy atom. The average Bonchev–Trinajstić information content (AvgIpc) is 2.27. The van der Waals surface area contributed by atoms with Crippen LogP contribution < -0.4 is 5.73 Å². The average molecular weight is 306 g/mol. The van der Waals surface area contributed by atoms with Crippen molar-refractivity contribution in [2.24, 2.45) is 0 Å². The van der Waals surface area contributed by atoms with Crippen LogP contribution in [-0.4, -0.2) is 28.8 Å². The van der Waals surface area contributed by atoms with Gasteiger partial charge in [0.1, 0.15) is 10.6 Å². The summed E-state index contributed by atoms with van der Waals surface area (Å²) in [5, 5.41) is 0.974. The van der Waals surface area contributed by atoms with Crippen molar-refractivity contribution in [2.75, 3.05) is 18.6 Å². The van der Waals surface area contributed by atoms with Gasteiger partial charge in [0.05, 0.1) is 12.3 Å². The van der Waals surface area contributed by atoms with Crippen molar-refractivity contribution in [1.29, 1.82) is 0 Å². The van der Waals surface area contributed by atoms with Gasteiger partial charge in [-0.2, -0.15) is 0 Å². The third-order valence-corrected chi connectivity index (χ3v) is 2.98. The zero-order valence-electron chi connectivity index (χ0n) is 8.99. The van der Waals surface area contributed by atoms with Gasteiger partial charge in [0.15, 0.2) is 0 Å². The van der Waals surface area contributed by atoms with Crippen LogP contribution in [0.1, 0.15) is 23.0 Å². The summed E-state index contributed by atoms with van der Waals surface area (Å²) in [6, 6.07) is 0. The lowest BCUT2D eigenvalue weighted by molar-refractivity contribution is 0.0519. The van der Waals surface area contributed by atoms with Gasteiger partial charge in [-0.3, -0.25) is 0 Å². The van der Waals surface area contributed by atoms with E-state index in [1.54, 1.807) is 6.92 Å². The first-order valence-corrected chi connectivity index (χ1v) is 6.92. The summed E-state index contributed by atoms with van der Waals surface area (Å²) in [6.07, 6.45) is 1.82. The molecule has 0 radical (unpaired) electrons. The summed E-state index contributed by atoms with van der Waals surface area (Å²) < 4.78 is 4.96. The molecule has 0 amide bonds. The second-order valence-electron chi connectivity index (χ2n) is 2.77. The minimum Gasteiger partial charge on any atom is -0.462 e. The molecule has 0 spiro atoms. The number of nitrogens with two attached hydrogens (primary N) is 1. The fourth-order valence-electron chi connectivity index (χ4n) is 1.16. The molecular formula is C9H12BrN3O2S. The highest BCUT2D eigenvalue weighted by atomic mass is 79.9. The van der Waals surface area contributed by atoms with E-state index in [1.807, 2.05) is 6.26 Å². The fraction of sp³-hybridized carbons (Fsp3) is 0.444.